The Morgan fingerprint density at radius 2 is 2.17 bits per heavy atom. The van der Waals surface area contributed by atoms with Crippen LogP contribution in [-0.4, -0.2) is 15.3 Å². The lowest BCUT2D eigenvalue weighted by Crippen LogP contribution is -1.74. The van der Waals surface area contributed by atoms with Gasteiger partial charge in [0.25, 0.3) is 5.89 Å². The fraction of sp³-hybridized carbons (Fsp3) is 0.167. The van der Waals surface area contributed by atoms with Crippen LogP contribution in [0.4, 0.5) is 0 Å². The van der Waals surface area contributed by atoms with E-state index in [1.165, 1.54) is 0 Å². The zero-order valence-corrected chi connectivity index (χ0v) is 7.70. The second-order valence-corrected chi connectivity index (χ2v) is 2.90. The Morgan fingerprint density at radius 3 is 2.67 bits per heavy atom. The maximum atomic E-state index is 4.84. The molecule has 0 aliphatic heterocycles. The van der Waals surface area contributed by atoms with Gasteiger partial charge >= 0.3 is 0 Å². The molecule has 0 atom stereocenters. The zero-order chi connectivity index (χ0) is 8.55. The van der Waals surface area contributed by atoms with Crippen LogP contribution in [0.5, 0.6) is 0 Å². The van der Waals surface area contributed by atoms with Crippen LogP contribution >= 0.6 is 15.9 Å². The molecule has 0 fully saturated rings. The third-order valence-corrected chi connectivity index (χ3v) is 1.57. The number of hydrogen-bond acceptors (Lipinski definition) is 5. The van der Waals surface area contributed by atoms with Crippen molar-refractivity contribution < 1.29 is 9.05 Å². The van der Waals surface area contributed by atoms with E-state index in [2.05, 4.69) is 31.2 Å². The smallest absolute Gasteiger partial charge is 0.280 e. The summed E-state index contributed by atoms with van der Waals surface area (Å²) < 4.78 is 10.1. The highest BCUT2D eigenvalue weighted by Crippen LogP contribution is 2.17. The molecule has 0 aliphatic rings. The summed E-state index contributed by atoms with van der Waals surface area (Å²) in [4.78, 5) is 3.91. The molecule has 2 aromatic rings. The van der Waals surface area contributed by atoms with Crippen LogP contribution in [-0.2, 0) is 0 Å². The van der Waals surface area contributed by atoms with E-state index < -0.39 is 0 Å². The molecule has 12 heavy (non-hydrogen) atoms. The van der Waals surface area contributed by atoms with E-state index in [9.17, 15) is 0 Å². The highest BCUT2D eigenvalue weighted by atomic mass is 79.9. The molecule has 0 unspecified atom stereocenters. The topological polar surface area (TPSA) is 65.0 Å². The summed E-state index contributed by atoms with van der Waals surface area (Å²) in [5.74, 6) is 1.05. The molecule has 0 aromatic carbocycles. The van der Waals surface area contributed by atoms with Crippen molar-refractivity contribution in [3.63, 3.8) is 0 Å². The van der Waals surface area contributed by atoms with Crippen molar-refractivity contribution in [3.8, 4) is 11.6 Å². The van der Waals surface area contributed by atoms with E-state index in [0.29, 0.717) is 22.1 Å². The van der Waals surface area contributed by atoms with Gasteiger partial charge in [-0.25, -0.2) is 0 Å². The zero-order valence-electron chi connectivity index (χ0n) is 6.11. The maximum absolute atomic E-state index is 4.84. The van der Waals surface area contributed by atoms with Crippen molar-refractivity contribution in [1.82, 2.24) is 15.3 Å². The molecule has 0 radical (unpaired) electrons. The van der Waals surface area contributed by atoms with E-state index in [4.69, 9.17) is 9.05 Å². The molecule has 2 heterocycles. The SMILES string of the molecule is Cc1cc(-c2nc(Br)no2)no1. The second kappa shape index (κ2) is 2.71. The van der Waals surface area contributed by atoms with Gasteiger partial charge in [-0.3, -0.25) is 0 Å². The summed E-state index contributed by atoms with van der Waals surface area (Å²) in [5, 5.41) is 7.26. The van der Waals surface area contributed by atoms with Crippen molar-refractivity contribution in [1.29, 1.82) is 0 Å². The number of halogens is 1. The first kappa shape index (κ1) is 7.48. The maximum Gasteiger partial charge on any atom is 0.280 e. The molecule has 0 aliphatic carbocycles. The summed E-state index contributed by atoms with van der Waals surface area (Å²) in [6.07, 6.45) is 0. The van der Waals surface area contributed by atoms with Gasteiger partial charge in [-0.2, -0.15) is 4.98 Å². The molecular weight excluding hydrogens is 226 g/mol. The van der Waals surface area contributed by atoms with Crippen LogP contribution < -0.4 is 0 Å². The molecule has 5 nitrogen and oxygen atoms in total. The van der Waals surface area contributed by atoms with Crippen LogP contribution in [0.1, 0.15) is 5.76 Å². The van der Waals surface area contributed by atoms with E-state index in [0.717, 1.165) is 0 Å². The highest BCUT2D eigenvalue weighted by molar-refractivity contribution is 9.10. The first-order valence-corrected chi connectivity index (χ1v) is 3.98. The third-order valence-electron chi connectivity index (χ3n) is 1.25. The number of hydrogen-bond donors (Lipinski definition) is 0. The molecule has 0 saturated carbocycles. The van der Waals surface area contributed by atoms with Gasteiger partial charge in [0.2, 0.25) is 4.73 Å². The number of nitrogens with zero attached hydrogens (tertiary/aromatic N) is 3. The Kier molecular flexibility index (Phi) is 1.69. The lowest BCUT2D eigenvalue weighted by molar-refractivity contribution is 0.389. The number of rotatable bonds is 1. The third kappa shape index (κ3) is 1.25. The molecule has 0 spiro atoms. The van der Waals surface area contributed by atoms with E-state index >= 15 is 0 Å². The molecule has 0 saturated heterocycles. The van der Waals surface area contributed by atoms with Crippen molar-refractivity contribution in [2.24, 2.45) is 0 Å². The minimum absolute atomic E-state index is 0.346. The first-order chi connectivity index (χ1) is 5.75. The minimum atomic E-state index is 0.346. The van der Waals surface area contributed by atoms with Crippen LogP contribution in [0.25, 0.3) is 11.6 Å². The van der Waals surface area contributed by atoms with Crippen LogP contribution in [0.3, 0.4) is 0 Å². The normalized spacial score (nSPS) is 10.5. The van der Waals surface area contributed by atoms with Gasteiger partial charge < -0.3 is 9.05 Å². The molecule has 0 amide bonds. The average molecular weight is 230 g/mol. The number of aryl methyl sites for hydroxylation is 1. The summed E-state index contributed by atoms with van der Waals surface area (Å²) in [5.41, 5.74) is 0.547. The van der Waals surface area contributed by atoms with Gasteiger partial charge in [-0.05, 0) is 28.0 Å². The molecule has 62 valence electrons. The van der Waals surface area contributed by atoms with E-state index in [1.54, 1.807) is 13.0 Å². The Hall–Kier alpha value is -1.17. The predicted molar refractivity (Wildman–Crippen MR) is 42.2 cm³/mol. The van der Waals surface area contributed by atoms with Gasteiger partial charge in [0.15, 0.2) is 5.69 Å². The molecule has 0 bridgehead atoms. The van der Waals surface area contributed by atoms with Gasteiger partial charge in [0, 0.05) is 6.07 Å². The summed E-state index contributed by atoms with van der Waals surface area (Å²) in [6.45, 7) is 1.79. The van der Waals surface area contributed by atoms with Gasteiger partial charge in [0.05, 0.1) is 0 Å². The monoisotopic (exact) mass is 229 g/mol. The lowest BCUT2D eigenvalue weighted by Gasteiger charge is -1.77. The Labute approximate surface area is 75.9 Å². The minimum Gasteiger partial charge on any atom is -0.361 e. The lowest BCUT2D eigenvalue weighted by atomic mass is 10.4. The van der Waals surface area contributed by atoms with Gasteiger partial charge in [-0.15, -0.1) is 0 Å². The summed E-state index contributed by atoms with van der Waals surface area (Å²) in [7, 11) is 0. The Morgan fingerprint density at radius 1 is 1.33 bits per heavy atom. The summed E-state index contributed by atoms with van der Waals surface area (Å²) in [6, 6.07) is 1.72. The van der Waals surface area contributed by atoms with Gasteiger partial charge in [-0.1, -0.05) is 5.16 Å². The van der Waals surface area contributed by atoms with Crippen molar-refractivity contribution in [3.05, 3.63) is 16.6 Å². The second-order valence-electron chi connectivity index (χ2n) is 2.19. The molecule has 2 aromatic heterocycles. The fourth-order valence-corrected chi connectivity index (χ4v) is 1.01. The quantitative estimate of drug-likeness (QED) is 0.747. The highest BCUT2D eigenvalue weighted by Gasteiger charge is 2.10. The van der Waals surface area contributed by atoms with Crippen molar-refractivity contribution in [2.75, 3.05) is 0 Å². The largest absolute Gasteiger partial charge is 0.361 e. The Bertz CT molecular complexity index is 357. The first-order valence-electron chi connectivity index (χ1n) is 3.18. The van der Waals surface area contributed by atoms with Gasteiger partial charge in [0.1, 0.15) is 5.76 Å². The van der Waals surface area contributed by atoms with E-state index in [-0.39, 0.29) is 0 Å². The molecule has 2 rings (SSSR count). The predicted octanol–water partition coefficient (Wildman–Crippen LogP) is 1.80. The molecule has 0 N–H and O–H groups in total. The number of aromatic nitrogens is 3. The van der Waals surface area contributed by atoms with Crippen molar-refractivity contribution >= 4 is 15.9 Å². The fourth-order valence-electron chi connectivity index (χ4n) is 0.777. The average Bonchev–Trinajstić information content (AvgIpc) is 2.58. The van der Waals surface area contributed by atoms with Crippen LogP contribution in [0.15, 0.2) is 19.8 Å². The van der Waals surface area contributed by atoms with E-state index in [1.807, 2.05) is 0 Å². The van der Waals surface area contributed by atoms with Crippen LogP contribution in [0, 0.1) is 6.92 Å². The van der Waals surface area contributed by atoms with Crippen LogP contribution in [0.2, 0.25) is 0 Å². The molecular formula is C6H4BrN3O2. The molecule has 6 heteroatoms. The van der Waals surface area contributed by atoms with Crippen molar-refractivity contribution in [2.45, 2.75) is 6.92 Å². The Balaban J connectivity index is 2.43. The summed E-state index contributed by atoms with van der Waals surface area (Å²) >= 11 is 3.06. The standard InChI is InChI=1S/C6H4BrN3O2/c1-3-2-4(9-11-3)5-8-6(7)10-12-5/h2H,1H3.